The number of rotatable bonds is 7. The third-order valence-corrected chi connectivity index (χ3v) is 6.32. The maximum atomic E-state index is 12.2. The van der Waals surface area contributed by atoms with Gasteiger partial charge in [-0.3, -0.25) is 4.79 Å². The van der Waals surface area contributed by atoms with Crippen molar-refractivity contribution in [1.29, 1.82) is 5.26 Å². The van der Waals surface area contributed by atoms with E-state index in [1.165, 1.54) is 6.08 Å². The van der Waals surface area contributed by atoms with Crippen LogP contribution in [0.4, 0.5) is 5.82 Å². The minimum Gasteiger partial charge on any atom is -0.461 e. The van der Waals surface area contributed by atoms with Gasteiger partial charge in [0.05, 0.1) is 29.8 Å². The van der Waals surface area contributed by atoms with Gasteiger partial charge in [-0.2, -0.15) is 15.2 Å². The molecule has 1 saturated carbocycles. The summed E-state index contributed by atoms with van der Waals surface area (Å²) in [5.41, 5.74) is 2.15. The highest BCUT2D eigenvalue weighted by molar-refractivity contribution is 5.87. The van der Waals surface area contributed by atoms with Crippen molar-refractivity contribution >= 4 is 11.7 Å². The van der Waals surface area contributed by atoms with E-state index in [9.17, 15) is 10.1 Å². The minimum absolute atomic E-state index is 0.0479. The van der Waals surface area contributed by atoms with Gasteiger partial charge in [-0.1, -0.05) is 6.58 Å². The topological polar surface area (TPSA) is 106 Å². The normalized spacial score (nSPS) is 22.1. The third-order valence-electron chi connectivity index (χ3n) is 6.32. The number of aromatic nitrogens is 2. The molecule has 0 aromatic carbocycles. The lowest BCUT2D eigenvalue weighted by atomic mass is 10.0. The van der Waals surface area contributed by atoms with Gasteiger partial charge >= 0.3 is 6.01 Å². The molecule has 0 spiro atoms. The minimum atomic E-state index is -0.190. The number of ether oxygens (including phenoxy) is 1. The van der Waals surface area contributed by atoms with Gasteiger partial charge < -0.3 is 25.2 Å². The van der Waals surface area contributed by atoms with E-state index in [0.717, 1.165) is 42.9 Å². The quantitative estimate of drug-likeness (QED) is 0.620. The summed E-state index contributed by atoms with van der Waals surface area (Å²) in [5, 5.41) is 16.0. The molecule has 30 heavy (non-hydrogen) atoms. The number of nitrogens with zero attached hydrogens (tertiary/aromatic N) is 5. The maximum Gasteiger partial charge on any atom is 0.318 e. The zero-order chi connectivity index (χ0) is 21.1. The first-order valence-electron chi connectivity index (χ1n) is 10.6. The zero-order valence-electron chi connectivity index (χ0n) is 17.5. The summed E-state index contributed by atoms with van der Waals surface area (Å²) in [7, 11) is 1.96. The molecule has 2 N–H and O–H groups in total. The Hall–Kier alpha value is -2.70. The standard InChI is InChI=1S/C21H29N7O2/c1-3-18(29)28-11-10-27(13-15(28)4-8-22)19-16-5-9-24-12-17(16)25-20(26-19)30-14-21(23-2)6-7-21/h3,15,23-24H,1,4-7,9-14H2,2H3/t15-/m0/s1. The van der Waals surface area contributed by atoms with Gasteiger partial charge in [0.2, 0.25) is 5.91 Å². The Kier molecular flexibility index (Phi) is 5.88. The molecule has 9 heteroatoms. The second kappa shape index (κ2) is 8.58. The van der Waals surface area contributed by atoms with Crippen LogP contribution in [-0.4, -0.2) is 72.2 Å². The number of hydrogen-bond donors (Lipinski definition) is 2. The predicted molar refractivity (Wildman–Crippen MR) is 112 cm³/mol. The van der Waals surface area contributed by atoms with Crippen molar-refractivity contribution in [2.24, 2.45) is 0 Å². The predicted octanol–water partition coefficient (Wildman–Crippen LogP) is 0.370. The second-order valence-corrected chi connectivity index (χ2v) is 8.20. The molecule has 1 aliphatic carbocycles. The van der Waals surface area contributed by atoms with Crippen molar-refractivity contribution < 1.29 is 9.53 Å². The van der Waals surface area contributed by atoms with Gasteiger partial charge in [-0.25, -0.2) is 0 Å². The molecule has 1 aromatic rings. The fraction of sp³-hybridized carbons (Fsp3) is 0.619. The van der Waals surface area contributed by atoms with Crippen molar-refractivity contribution in [2.45, 2.75) is 43.8 Å². The van der Waals surface area contributed by atoms with Crippen LogP contribution in [0.2, 0.25) is 0 Å². The van der Waals surface area contributed by atoms with Gasteiger partial charge in [0.25, 0.3) is 0 Å². The summed E-state index contributed by atoms with van der Waals surface area (Å²) >= 11 is 0. The summed E-state index contributed by atoms with van der Waals surface area (Å²) in [6, 6.07) is 2.42. The van der Waals surface area contributed by atoms with Crippen LogP contribution in [0.3, 0.4) is 0 Å². The maximum absolute atomic E-state index is 12.2. The Morgan fingerprint density at radius 2 is 2.30 bits per heavy atom. The zero-order valence-corrected chi connectivity index (χ0v) is 17.5. The number of piperazine rings is 1. The van der Waals surface area contributed by atoms with E-state index in [1.807, 2.05) is 7.05 Å². The molecule has 3 aliphatic rings. The fourth-order valence-corrected chi connectivity index (χ4v) is 4.20. The van der Waals surface area contributed by atoms with Crippen LogP contribution < -0.4 is 20.3 Å². The Morgan fingerprint density at radius 1 is 1.47 bits per heavy atom. The largest absolute Gasteiger partial charge is 0.461 e. The van der Waals surface area contributed by atoms with Crippen LogP contribution in [0.5, 0.6) is 6.01 Å². The molecule has 0 radical (unpaired) electrons. The molecular formula is C21H29N7O2. The van der Waals surface area contributed by atoms with E-state index < -0.39 is 0 Å². The number of amides is 1. The van der Waals surface area contributed by atoms with Crippen LogP contribution in [0.15, 0.2) is 12.7 Å². The third kappa shape index (κ3) is 4.11. The van der Waals surface area contributed by atoms with E-state index in [0.29, 0.717) is 38.8 Å². The summed E-state index contributed by atoms with van der Waals surface area (Å²) in [6.07, 6.45) is 4.63. The lowest BCUT2D eigenvalue weighted by Gasteiger charge is -2.41. The molecule has 1 aromatic heterocycles. The molecule has 0 unspecified atom stereocenters. The summed E-state index contributed by atoms with van der Waals surface area (Å²) in [6.45, 7) is 7.45. The lowest BCUT2D eigenvalue weighted by Crippen LogP contribution is -2.55. The lowest BCUT2D eigenvalue weighted by molar-refractivity contribution is -0.128. The van der Waals surface area contributed by atoms with E-state index >= 15 is 0 Å². The van der Waals surface area contributed by atoms with Crippen LogP contribution in [0.25, 0.3) is 0 Å². The monoisotopic (exact) mass is 411 g/mol. The molecular weight excluding hydrogens is 382 g/mol. The van der Waals surface area contributed by atoms with Crippen LogP contribution in [0.1, 0.15) is 30.5 Å². The second-order valence-electron chi connectivity index (χ2n) is 8.20. The van der Waals surface area contributed by atoms with Crippen molar-refractivity contribution in [3.05, 3.63) is 23.9 Å². The van der Waals surface area contributed by atoms with E-state index in [-0.39, 0.29) is 23.9 Å². The number of carbonyl (C=O) groups excluding carboxylic acids is 1. The summed E-state index contributed by atoms with van der Waals surface area (Å²) < 4.78 is 6.00. The Balaban J connectivity index is 1.59. The van der Waals surface area contributed by atoms with Crippen LogP contribution in [-0.2, 0) is 17.8 Å². The Morgan fingerprint density at radius 3 is 3.00 bits per heavy atom. The number of likely N-dealkylation sites (N-methyl/N-ethyl adjacent to an activating group) is 1. The van der Waals surface area contributed by atoms with Gasteiger partial charge in [-0.05, 0) is 38.9 Å². The van der Waals surface area contributed by atoms with E-state index in [2.05, 4.69) is 33.2 Å². The van der Waals surface area contributed by atoms with Gasteiger partial charge in [0, 0.05) is 31.7 Å². The number of carbonyl (C=O) groups is 1. The van der Waals surface area contributed by atoms with Gasteiger partial charge in [0.1, 0.15) is 12.4 Å². The number of hydrogen-bond acceptors (Lipinski definition) is 8. The van der Waals surface area contributed by atoms with Crippen LogP contribution >= 0.6 is 0 Å². The first-order valence-corrected chi connectivity index (χ1v) is 10.6. The number of fused-ring (bicyclic) bond motifs is 1. The Labute approximate surface area is 177 Å². The highest BCUT2D eigenvalue weighted by Gasteiger charge is 2.42. The number of anilines is 1. The van der Waals surface area contributed by atoms with Gasteiger partial charge in [-0.15, -0.1) is 0 Å². The SMILES string of the molecule is C=CC(=O)N1CCN(c2nc(OCC3(NC)CC3)nc3c2CCNC3)C[C@@H]1CC#N. The summed E-state index contributed by atoms with van der Waals surface area (Å²) in [4.78, 5) is 25.6. The highest BCUT2D eigenvalue weighted by atomic mass is 16.5. The molecule has 1 amide bonds. The fourth-order valence-electron chi connectivity index (χ4n) is 4.20. The van der Waals surface area contributed by atoms with Crippen molar-refractivity contribution in [2.75, 3.05) is 44.7 Å². The van der Waals surface area contributed by atoms with E-state index in [4.69, 9.17) is 9.72 Å². The molecule has 4 rings (SSSR count). The first-order chi connectivity index (χ1) is 14.6. The number of nitriles is 1. The molecule has 1 atom stereocenters. The van der Waals surface area contributed by atoms with Crippen molar-refractivity contribution in [3.63, 3.8) is 0 Å². The molecule has 9 nitrogen and oxygen atoms in total. The highest BCUT2D eigenvalue weighted by Crippen LogP contribution is 2.35. The summed E-state index contributed by atoms with van der Waals surface area (Å²) in [5.74, 6) is 0.745. The molecule has 2 fully saturated rings. The molecule has 2 aliphatic heterocycles. The van der Waals surface area contributed by atoms with Crippen LogP contribution in [0, 0.1) is 11.3 Å². The molecule has 3 heterocycles. The van der Waals surface area contributed by atoms with Crippen molar-refractivity contribution in [3.8, 4) is 12.1 Å². The smallest absolute Gasteiger partial charge is 0.318 e. The van der Waals surface area contributed by atoms with E-state index in [1.54, 1.807) is 4.90 Å². The number of nitrogens with one attached hydrogen (secondary N) is 2. The Bertz CT molecular complexity index is 862. The average Bonchev–Trinajstić information content (AvgIpc) is 3.57. The average molecular weight is 412 g/mol. The first kappa shape index (κ1) is 20.6. The van der Waals surface area contributed by atoms with Gasteiger partial charge in [0.15, 0.2) is 0 Å². The molecule has 160 valence electrons. The molecule has 0 bridgehead atoms. The van der Waals surface area contributed by atoms with Crippen molar-refractivity contribution in [1.82, 2.24) is 25.5 Å². The molecule has 1 saturated heterocycles.